The number of amides is 1. The van der Waals surface area contributed by atoms with E-state index in [9.17, 15) is 35.5 Å². The summed E-state index contributed by atoms with van der Waals surface area (Å²) >= 11 is 0. The first-order chi connectivity index (χ1) is 18.8. The van der Waals surface area contributed by atoms with Crippen LogP contribution in [0.3, 0.4) is 0 Å². The summed E-state index contributed by atoms with van der Waals surface area (Å²) in [5, 5.41) is 0. The topological polar surface area (TPSA) is 42.4 Å². The number of pyridine rings is 1. The number of ether oxygens (including phenoxy) is 1. The molecule has 5 atom stereocenters. The van der Waals surface area contributed by atoms with E-state index in [4.69, 9.17) is 4.74 Å². The number of halogens is 7. The molecular weight excluding hydrogens is 541 g/mol. The minimum Gasteiger partial charge on any atom is -0.368 e. The Morgan fingerprint density at radius 3 is 2.08 bits per heavy atom. The molecule has 3 heterocycles. The number of carbonyl (C=O) groups is 1. The predicted molar refractivity (Wildman–Crippen MR) is 131 cm³/mol. The van der Waals surface area contributed by atoms with Crippen LogP contribution in [0.25, 0.3) is 0 Å². The van der Waals surface area contributed by atoms with Gasteiger partial charge in [-0.15, -0.1) is 0 Å². The molecule has 40 heavy (non-hydrogen) atoms. The first-order valence-corrected chi connectivity index (χ1v) is 12.7. The van der Waals surface area contributed by atoms with E-state index in [0.717, 1.165) is 5.56 Å². The molecular formula is C29H25F7N2O2. The number of alkyl halides is 6. The van der Waals surface area contributed by atoms with Gasteiger partial charge in [-0.25, -0.2) is 4.39 Å². The van der Waals surface area contributed by atoms with Gasteiger partial charge in [-0.2, -0.15) is 26.3 Å². The van der Waals surface area contributed by atoms with E-state index >= 15 is 0 Å². The van der Waals surface area contributed by atoms with Crippen molar-refractivity contribution < 1.29 is 40.3 Å². The molecule has 0 aliphatic carbocycles. The second kappa shape index (κ2) is 10.5. The molecule has 0 spiro atoms. The van der Waals surface area contributed by atoms with Gasteiger partial charge in [-0.05, 0) is 78.4 Å². The van der Waals surface area contributed by atoms with E-state index < -0.39 is 47.4 Å². The Morgan fingerprint density at radius 2 is 1.50 bits per heavy atom. The van der Waals surface area contributed by atoms with Gasteiger partial charge in [0.1, 0.15) is 5.82 Å². The summed E-state index contributed by atoms with van der Waals surface area (Å²) in [5.74, 6) is -1.21. The van der Waals surface area contributed by atoms with Gasteiger partial charge in [0.15, 0.2) is 0 Å². The molecule has 2 saturated heterocycles. The molecule has 11 heteroatoms. The van der Waals surface area contributed by atoms with Crippen LogP contribution >= 0.6 is 0 Å². The fourth-order valence-electron chi connectivity index (χ4n) is 5.84. The van der Waals surface area contributed by atoms with Crippen LogP contribution in [-0.4, -0.2) is 34.5 Å². The zero-order chi connectivity index (χ0) is 28.8. The fraction of sp³-hybridized carbons (Fsp3) is 0.379. The Balaban J connectivity index is 1.49. The number of hydrogen-bond acceptors (Lipinski definition) is 3. The Kier molecular flexibility index (Phi) is 7.37. The van der Waals surface area contributed by atoms with Gasteiger partial charge in [0.05, 0.1) is 23.3 Å². The lowest BCUT2D eigenvalue weighted by Gasteiger charge is -2.37. The molecule has 3 aromatic rings. The molecule has 5 rings (SSSR count). The minimum atomic E-state index is -4.99. The molecule has 0 N–H and O–H groups in total. The maximum absolute atomic E-state index is 13.8. The SMILES string of the molecule is CC(O[C@H]1CN2C(=O)CC(c3ccncc3)CC2C1c1ccc(F)cc1)c1cc(C(F)(F)F)cc(C(F)(F)F)c1. The number of benzene rings is 2. The Hall–Kier alpha value is -3.47. The molecule has 0 saturated carbocycles. The first kappa shape index (κ1) is 28.1. The van der Waals surface area contributed by atoms with Gasteiger partial charge >= 0.3 is 12.4 Å². The van der Waals surface area contributed by atoms with Crippen LogP contribution in [-0.2, 0) is 21.9 Å². The quantitative estimate of drug-likeness (QED) is 0.305. The highest BCUT2D eigenvalue weighted by Crippen LogP contribution is 2.46. The smallest absolute Gasteiger partial charge is 0.368 e. The molecule has 2 aromatic carbocycles. The number of rotatable bonds is 5. The van der Waals surface area contributed by atoms with Crippen LogP contribution in [0.2, 0.25) is 0 Å². The monoisotopic (exact) mass is 566 g/mol. The van der Waals surface area contributed by atoms with Crippen molar-refractivity contribution in [1.29, 1.82) is 0 Å². The summed E-state index contributed by atoms with van der Waals surface area (Å²) in [7, 11) is 0. The fourth-order valence-corrected chi connectivity index (χ4v) is 5.84. The van der Waals surface area contributed by atoms with Crippen molar-refractivity contribution in [2.24, 2.45) is 0 Å². The standard InChI is InChI=1S/C29H25F7N2O2/c1-16(19-10-21(28(31,32)33)14-22(11-19)29(34,35)36)40-25-15-38-24(27(25)18-2-4-23(30)5-3-18)12-20(13-26(38)39)17-6-8-37-9-7-17/h2-11,14,16,20,24-25,27H,12-13,15H2,1H3/t16?,20?,24?,25-,27?/m0/s1. The molecule has 2 aliphatic rings. The molecule has 4 unspecified atom stereocenters. The summed E-state index contributed by atoms with van der Waals surface area (Å²) in [4.78, 5) is 18.9. The average Bonchev–Trinajstić information content (AvgIpc) is 3.26. The number of piperidine rings is 1. The number of fused-ring (bicyclic) bond motifs is 1. The predicted octanol–water partition coefficient (Wildman–Crippen LogP) is 7.28. The van der Waals surface area contributed by atoms with Crippen molar-refractivity contribution in [1.82, 2.24) is 9.88 Å². The summed E-state index contributed by atoms with van der Waals surface area (Å²) in [6.07, 6.45) is -7.84. The van der Waals surface area contributed by atoms with Crippen LogP contribution < -0.4 is 0 Å². The van der Waals surface area contributed by atoms with Crippen LogP contribution in [0, 0.1) is 5.82 Å². The normalized spacial score (nSPS) is 24.2. The molecule has 1 aromatic heterocycles. The van der Waals surface area contributed by atoms with Crippen molar-refractivity contribution in [2.45, 2.75) is 62.2 Å². The van der Waals surface area contributed by atoms with Gasteiger partial charge in [0.25, 0.3) is 0 Å². The van der Waals surface area contributed by atoms with Crippen molar-refractivity contribution in [3.05, 3.63) is 101 Å². The summed E-state index contributed by atoms with van der Waals surface area (Å²) < 4.78 is 101. The van der Waals surface area contributed by atoms with Crippen molar-refractivity contribution >= 4 is 5.91 Å². The maximum atomic E-state index is 13.8. The van der Waals surface area contributed by atoms with Gasteiger partial charge in [0.2, 0.25) is 5.91 Å². The zero-order valence-electron chi connectivity index (χ0n) is 21.2. The summed E-state index contributed by atoms with van der Waals surface area (Å²) in [6, 6.07) is 10.3. The van der Waals surface area contributed by atoms with E-state index in [1.807, 2.05) is 12.1 Å². The lowest BCUT2D eigenvalue weighted by atomic mass is 9.79. The highest BCUT2D eigenvalue weighted by Gasteiger charge is 2.49. The van der Waals surface area contributed by atoms with Crippen LogP contribution in [0.5, 0.6) is 0 Å². The van der Waals surface area contributed by atoms with Gasteiger partial charge < -0.3 is 9.64 Å². The van der Waals surface area contributed by atoms with Gasteiger partial charge in [-0.1, -0.05) is 12.1 Å². The summed E-state index contributed by atoms with van der Waals surface area (Å²) in [5.41, 5.74) is -1.55. The second-order valence-corrected chi connectivity index (χ2v) is 10.3. The lowest BCUT2D eigenvalue weighted by Crippen LogP contribution is -2.43. The largest absolute Gasteiger partial charge is 0.416 e. The highest BCUT2D eigenvalue weighted by molar-refractivity contribution is 5.79. The molecule has 212 valence electrons. The molecule has 2 fully saturated rings. The lowest BCUT2D eigenvalue weighted by molar-refractivity contribution is -0.143. The van der Waals surface area contributed by atoms with Crippen LogP contribution in [0.1, 0.15) is 65.5 Å². The Bertz CT molecular complexity index is 1330. The Morgan fingerprint density at radius 1 is 0.900 bits per heavy atom. The zero-order valence-corrected chi connectivity index (χ0v) is 21.2. The molecule has 1 amide bonds. The van der Waals surface area contributed by atoms with E-state index in [1.165, 1.54) is 19.1 Å². The third-order valence-corrected chi connectivity index (χ3v) is 7.75. The number of nitrogens with zero attached hydrogens (tertiary/aromatic N) is 2. The third kappa shape index (κ3) is 5.70. The number of aromatic nitrogens is 1. The number of hydrogen-bond donors (Lipinski definition) is 0. The van der Waals surface area contributed by atoms with E-state index in [1.54, 1.807) is 29.4 Å². The maximum Gasteiger partial charge on any atom is 0.416 e. The van der Waals surface area contributed by atoms with Crippen molar-refractivity contribution in [2.75, 3.05) is 6.54 Å². The molecule has 0 bridgehead atoms. The second-order valence-electron chi connectivity index (χ2n) is 10.3. The van der Waals surface area contributed by atoms with Crippen LogP contribution in [0.4, 0.5) is 30.7 Å². The highest BCUT2D eigenvalue weighted by atomic mass is 19.4. The van der Waals surface area contributed by atoms with Crippen molar-refractivity contribution in [3.8, 4) is 0 Å². The summed E-state index contributed by atoms with van der Waals surface area (Å²) in [6.45, 7) is 1.49. The first-order valence-electron chi connectivity index (χ1n) is 12.7. The molecule has 4 nitrogen and oxygen atoms in total. The van der Waals surface area contributed by atoms with E-state index in [2.05, 4.69) is 4.98 Å². The third-order valence-electron chi connectivity index (χ3n) is 7.75. The average molecular weight is 567 g/mol. The van der Waals surface area contributed by atoms with Gasteiger partial charge in [0, 0.05) is 37.3 Å². The van der Waals surface area contributed by atoms with Gasteiger partial charge in [-0.3, -0.25) is 9.78 Å². The van der Waals surface area contributed by atoms with Crippen molar-refractivity contribution in [3.63, 3.8) is 0 Å². The molecule has 0 radical (unpaired) electrons. The van der Waals surface area contributed by atoms with E-state index in [-0.39, 0.29) is 42.5 Å². The molecule has 2 aliphatic heterocycles. The Labute approximate surface area is 225 Å². The minimum absolute atomic E-state index is 0.0747. The van der Waals surface area contributed by atoms with E-state index in [0.29, 0.717) is 24.1 Å². The number of carbonyl (C=O) groups excluding carboxylic acids is 1. The van der Waals surface area contributed by atoms with Crippen LogP contribution in [0.15, 0.2) is 67.0 Å².